The summed E-state index contributed by atoms with van der Waals surface area (Å²) in [7, 11) is 0. The average Bonchev–Trinajstić information content (AvgIpc) is 3.64. The highest BCUT2D eigenvalue weighted by Gasteiger charge is 2.73. The molecule has 3 N–H and O–H groups in total. The number of aromatic hydroxyl groups is 1. The number of nitrogens with zero attached hydrogens (tertiary/aromatic N) is 2. The SMILES string of the molecule is O=C(/C=C/c1ccccc1[N+](=O)[O-])N[C@@H]1CC[C@@]2(O)[C@H]3Cc4ccc(O)c5c4[C@@]2(CCN3CC2CC2)[C@H]1O5. The van der Waals surface area contributed by atoms with Gasteiger partial charge in [0.25, 0.3) is 5.69 Å². The standard InChI is InChI=1S/C29H31N3O6/c33-22-9-7-19-15-23-29(35)12-11-20(30-24(34)10-8-18-3-1-2-4-21(18)32(36)37)27-28(29,25(19)26(22)38-27)13-14-31(23)16-17-5-6-17/h1-4,7-10,17,20,23,27,33,35H,5-6,11-16H2,(H,30,34)/b10-8+/t20-,23-,27+,28+,29-/m1/s1. The van der Waals surface area contributed by atoms with Crippen LogP contribution in [0.1, 0.15) is 48.8 Å². The van der Waals surface area contributed by atoms with E-state index >= 15 is 0 Å². The van der Waals surface area contributed by atoms with Crippen molar-refractivity contribution in [2.24, 2.45) is 5.92 Å². The van der Waals surface area contributed by atoms with Gasteiger partial charge in [0, 0.05) is 30.3 Å². The fourth-order valence-corrected chi connectivity index (χ4v) is 7.82. The number of nitro groups is 1. The van der Waals surface area contributed by atoms with Crippen molar-refractivity contribution in [2.45, 2.75) is 67.7 Å². The maximum Gasteiger partial charge on any atom is 0.276 e. The van der Waals surface area contributed by atoms with Crippen LogP contribution in [-0.2, 0) is 16.6 Å². The van der Waals surface area contributed by atoms with E-state index in [1.807, 2.05) is 6.07 Å². The number of nitrogens with one attached hydrogen (secondary N) is 1. The molecule has 2 heterocycles. The largest absolute Gasteiger partial charge is 0.504 e. The van der Waals surface area contributed by atoms with Crippen molar-refractivity contribution in [3.63, 3.8) is 0 Å². The first-order chi connectivity index (χ1) is 18.3. The third kappa shape index (κ3) is 3.27. The highest BCUT2D eigenvalue weighted by Crippen LogP contribution is 2.65. The Morgan fingerprint density at radius 2 is 2.03 bits per heavy atom. The molecule has 5 aliphatic rings. The molecule has 1 spiro atoms. The molecule has 3 fully saturated rings. The van der Waals surface area contributed by atoms with Gasteiger partial charge in [0.2, 0.25) is 5.91 Å². The van der Waals surface area contributed by atoms with Gasteiger partial charge in [-0.15, -0.1) is 0 Å². The molecule has 2 aromatic rings. The lowest BCUT2D eigenvalue weighted by molar-refractivity contribution is -0.385. The van der Waals surface area contributed by atoms with Gasteiger partial charge in [0.1, 0.15) is 6.10 Å². The number of aliphatic hydroxyl groups is 1. The fraction of sp³-hybridized carbons (Fsp3) is 0.483. The number of nitro benzene ring substituents is 1. The molecule has 2 aromatic carbocycles. The number of hydrogen-bond acceptors (Lipinski definition) is 7. The van der Waals surface area contributed by atoms with Crippen molar-refractivity contribution in [1.82, 2.24) is 10.2 Å². The van der Waals surface area contributed by atoms with Crippen LogP contribution in [0.3, 0.4) is 0 Å². The molecule has 0 unspecified atom stereocenters. The maximum absolute atomic E-state index is 13.0. The summed E-state index contributed by atoms with van der Waals surface area (Å²) >= 11 is 0. The van der Waals surface area contributed by atoms with Crippen molar-refractivity contribution >= 4 is 17.7 Å². The second kappa shape index (κ2) is 8.28. The van der Waals surface area contributed by atoms with E-state index in [4.69, 9.17) is 4.74 Å². The second-order valence-electron chi connectivity index (χ2n) is 11.6. The zero-order valence-electron chi connectivity index (χ0n) is 21.0. The van der Waals surface area contributed by atoms with E-state index in [2.05, 4.69) is 10.2 Å². The van der Waals surface area contributed by atoms with Crippen molar-refractivity contribution < 1.29 is 24.7 Å². The minimum atomic E-state index is -1.02. The molecule has 198 valence electrons. The van der Waals surface area contributed by atoms with Gasteiger partial charge >= 0.3 is 0 Å². The van der Waals surface area contributed by atoms with Crippen LogP contribution in [0.2, 0.25) is 0 Å². The molecule has 1 amide bonds. The molecule has 2 bridgehead atoms. The predicted octanol–water partition coefficient (Wildman–Crippen LogP) is 3.06. The van der Waals surface area contributed by atoms with Crippen LogP contribution in [0, 0.1) is 16.0 Å². The van der Waals surface area contributed by atoms with E-state index in [1.165, 1.54) is 31.1 Å². The van der Waals surface area contributed by atoms with Crippen molar-refractivity contribution in [3.8, 4) is 11.5 Å². The summed E-state index contributed by atoms with van der Waals surface area (Å²) in [5, 5.41) is 37.6. The van der Waals surface area contributed by atoms with Gasteiger partial charge in [-0.05, 0) is 74.8 Å². The maximum atomic E-state index is 13.0. The van der Waals surface area contributed by atoms with E-state index in [1.54, 1.807) is 24.3 Å². The zero-order valence-corrected chi connectivity index (χ0v) is 21.0. The minimum Gasteiger partial charge on any atom is -0.504 e. The Balaban J connectivity index is 1.21. The van der Waals surface area contributed by atoms with Gasteiger partial charge in [-0.2, -0.15) is 0 Å². The second-order valence-corrected chi connectivity index (χ2v) is 11.6. The molecule has 5 atom stereocenters. The van der Waals surface area contributed by atoms with E-state index in [9.17, 15) is 25.1 Å². The molecule has 0 aromatic heterocycles. The molecule has 9 nitrogen and oxygen atoms in total. The third-order valence-electron chi connectivity index (χ3n) is 9.64. The summed E-state index contributed by atoms with van der Waals surface area (Å²) in [5.74, 6) is 0.840. The van der Waals surface area contributed by atoms with Gasteiger partial charge in [0.05, 0.1) is 27.5 Å². The van der Waals surface area contributed by atoms with Crippen molar-refractivity contribution in [3.05, 3.63) is 69.3 Å². The van der Waals surface area contributed by atoms with Crippen LogP contribution in [0.15, 0.2) is 42.5 Å². The fourth-order valence-electron chi connectivity index (χ4n) is 7.82. The summed E-state index contributed by atoms with van der Waals surface area (Å²) in [4.78, 5) is 26.4. The number of likely N-dealkylation sites (tertiary alicyclic amines) is 1. The lowest BCUT2D eigenvalue weighted by Gasteiger charge is -2.64. The number of hydrogen-bond donors (Lipinski definition) is 3. The number of ether oxygens (including phenoxy) is 1. The first-order valence-corrected chi connectivity index (χ1v) is 13.5. The number of phenols is 1. The van der Waals surface area contributed by atoms with Gasteiger partial charge in [-0.1, -0.05) is 18.2 Å². The first-order valence-electron chi connectivity index (χ1n) is 13.5. The molecular weight excluding hydrogens is 486 g/mol. The molecule has 7 rings (SSSR count). The molecule has 38 heavy (non-hydrogen) atoms. The summed E-state index contributed by atoms with van der Waals surface area (Å²) in [6.07, 6.45) is 7.22. The van der Waals surface area contributed by atoms with Crippen LogP contribution in [0.5, 0.6) is 11.5 Å². The third-order valence-corrected chi connectivity index (χ3v) is 9.64. The van der Waals surface area contributed by atoms with Gasteiger partial charge in [0.15, 0.2) is 11.5 Å². The van der Waals surface area contributed by atoms with E-state index in [0.717, 1.165) is 30.6 Å². The van der Waals surface area contributed by atoms with Gasteiger partial charge in [-0.3, -0.25) is 19.8 Å². The Kier molecular flexibility index (Phi) is 5.16. The van der Waals surface area contributed by atoms with Crippen LogP contribution in [0.25, 0.3) is 6.08 Å². The zero-order chi connectivity index (χ0) is 26.2. The number of amides is 1. The topological polar surface area (TPSA) is 125 Å². The lowest BCUT2D eigenvalue weighted by Crippen LogP contribution is -2.78. The van der Waals surface area contributed by atoms with Crippen LogP contribution in [0.4, 0.5) is 5.69 Å². The number of phenolic OH excluding ortho intramolecular Hbond substituents is 1. The molecular formula is C29H31N3O6. The Hall–Kier alpha value is -3.43. The molecule has 1 saturated heterocycles. The van der Waals surface area contributed by atoms with Crippen molar-refractivity contribution in [1.29, 1.82) is 0 Å². The molecule has 0 radical (unpaired) electrons. The highest BCUT2D eigenvalue weighted by molar-refractivity contribution is 5.92. The number of carbonyl (C=O) groups is 1. The summed E-state index contributed by atoms with van der Waals surface area (Å²) in [6.45, 7) is 1.85. The number of carbonyl (C=O) groups excluding carboxylic acids is 1. The smallest absolute Gasteiger partial charge is 0.276 e. The molecule has 3 aliphatic carbocycles. The number of para-hydroxylation sites is 1. The highest BCUT2D eigenvalue weighted by atomic mass is 16.6. The number of rotatable bonds is 6. The van der Waals surface area contributed by atoms with Crippen molar-refractivity contribution in [2.75, 3.05) is 13.1 Å². The van der Waals surface area contributed by atoms with Gasteiger partial charge < -0.3 is 20.3 Å². The number of benzene rings is 2. The van der Waals surface area contributed by atoms with Crippen LogP contribution < -0.4 is 10.1 Å². The summed E-state index contributed by atoms with van der Waals surface area (Å²) in [6, 6.07) is 9.51. The quantitative estimate of drug-likeness (QED) is 0.306. The first kappa shape index (κ1) is 23.7. The summed E-state index contributed by atoms with van der Waals surface area (Å²) in [5.41, 5.74) is 0.583. The van der Waals surface area contributed by atoms with E-state index in [-0.39, 0.29) is 29.4 Å². The predicted molar refractivity (Wildman–Crippen MR) is 139 cm³/mol. The Morgan fingerprint density at radius 3 is 2.82 bits per heavy atom. The normalized spacial score (nSPS) is 33.0. The Bertz CT molecular complexity index is 1370. The molecule has 9 heteroatoms. The molecule has 2 aliphatic heterocycles. The van der Waals surface area contributed by atoms with Crippen LogP contribution >= 0.6 is 0 Å². The van der Waals surface area contributed by atoms with Crippen LogP contribution in [-0.4, -0.2) is 62.8 Å². The van der Waals surface area contributed by atoms with Gasteiger partial charge in [-0.25, -0.2) is 0 Å². The Labute approximate surface area is 220 Å². The monoisotopic (exact) mass is 517 g/mol. The summed E-state index contributed by atoms with van der Waals surface area (Å²) < 4.78 is 6.47. The lowest BCUT2D eigenvalue weighted by atomic mass is 9.48. The van der Waals surface area contributed by atoms with E-state index in [0.29, 0.717) is 36.5 Å². The number of piperidine rings is 1. The minimum absolute atomic E-state index is 0.0267. The van der Waals surface area contributed by atoms with E-state index < -0.39 is 22.0 Å². The molecule has 2 saturated carbocycles. The average molecular weight is 518 g/mol. The Morgan fingerprint density at radius 1 is 1.21 bits per heavy atom.